The molecule has 2 aliphatic heterocycles. The smallest absolute Gasteiger partial charge is 0.315 e. The molecule has 0 saturated carbocycles. The van der Waals surface area contributed by atoms with E-state index in [1.165, 1.54) is 19.3 Å². The van der Waals surface area contributed by atoms with Crippen LogP contribution in [0, 0.1) is 0 Å². The molecule has 0 aliphatic carbocycles. The van der Waals surface area contributed by atoms with Crippen molar-refractivity contribution in [1.82, 2.24) is 15.5 Å². The summed E-state index contributed by atoms with van der Waals surface area (Å²) < 4.78 is 16.4. The topological polar surface area (TPSA) is 76.0 Å². The third-order valence-corrected chi connectivity index (χ3v) is 5.40. The minimum atomic E-state index is -0.196. The van der Waals surface area contributed by atoms with Crippen LogP contribution in [0.4, 0.5) is 4.79 Å². The van der Waals surface area contributed by atoms with Crippen LogP contribution >= 0.6 is 0 Å². The number of likely N-dealkylation sites (tertiary alicyclic amines) is 1. The highest BCUT2D eigenvalue weighted by Gasteiger charge is 2.25. The Morgan fingerprint density at radius 2 is 1.96 bits per heavy atom. The van der Waals surface area contributed by atoms with Crippen molar-refractivity contribution in [2.75, 3.05) is 26.4 Å². The maximum atomic E-state index is 12.5. The Kier molecular flexibility index (Phi) is 5.71. The van der Waals surface area contributed by atoms with E-state index in [1.54, 1.807) is 6.26 Å². The summed E-state index contributed by atoms with van der Waals surface area (Å²) >= 11 is 0. The van der Waals surface area contributed by atoms with Crippen LogP contribution in [0.15, 0.2) is 41.0 Å². The van der Waals surface area contributed by atoms with Gasteiger partial charge in [0.1, 0.15) is 5.76 Å². The summed E-state index contributed by atoms with van der Waals surface area (Å²) in [6.07, 6.45) is 5.32. The molecule has 7 nitrogen and oxygen atoms in total. The minimum Gasteiger partial charge on any atom is -0.468 e. The fraction of sp³-hybridized carbons (Fsp3) is 0.476. The van der Waals surface area contributed by atoms with Crippen LogP contribution in [-0.2, 0) is 0 Å². The number of furan rings is 1. The molecular weight excluding hydrogens is 358 g/mol. The van der Waals surface area contributed by atoms with E-state index in [4.69, 9.17) is 13.9 Å². The van der Waals surface area contributed by atoms with Crippen LogP contribution in [-0.4, -0.2) is 37.4 Å². The molecule has 2 atom stereocenters. The number of hydrogen-bond acceptors (Lipinski definition) is 5. The number of piperidine rings is 1. The van der Waals surface area contributed by atoms with Gasteiger partial charge in [-0.1, -0.05) is 12.5 Å². The molecule has 150 valence electrons. The van der Waals surface area contributed by atoms with Crippen molar-refractivity contribution >= 4 is 6.03 Å². The van der Waals surface area contributed by atoms with Crippen LogP contribution in [0.25, 0.3) is 0 Å². The maximum absolute atomic E-state index is 12.5. The monoisotopic (exact) mass is 385 g/mol. The van der Waals surface area contributed by atoms with Crippen LogP contribution in [0.5, 0.6) is 11.5 Å². The summed E-state index contributed by atoms with van der Waals surface area (Å²) in [4.78, 5) is 14.9. The molecule has 1 aromatic heterocycles. The van der Waals surface area contributed by atoms with Gasteiger partial charge in [0, 0.05) is 6.54 Å². The number of carbonyl (C=O) groups is 1. The zero-order chi connectivity index (χ0) is 19.3. The highest BCUT2D eigenvalue weighted by molar-refractivity contribution is 5.74. The molecule has 0 spiro atoms. The van der Waals surface area contributed by atoms with Crippen molar-refractivity contribution in [2.24, 2.45) is 0 Å². The zero-order valence-corrected chi connectivity index (χ0v) is 16.1. The molecule has 1 fully saturated rings. The summed E-state index contributed by atoms with van der Waals surface area (Å²) in [7, 11) is 0. The Balaban J connectivity index is 1.34. The van der Waals surface area contributed by atoms with Gasteiger partial charge in [0.15, 0.2) is 11.5 Å². The third kappa shape index (κ3) is 4.25. The number of rotatable bonds is 6. The predicted molar refractivity (Wildman–Crippen MR) is 104 cm³/mol. The van der Waals surface area contributed by atoms with Gasteiger partial charge in [-0.2, -0.15) is 0 Å². The summed E-state index contributed by atoms with van der Waals surface area (Å²) in [5, 5.41) is 6.01. The van der Waals surface area contributed by atoms with E-state index in [9.17, 15) is 4.79 Å². The Hall–Kier alpha value is -2.67. The number of ether oxygens (including phenoxy) is 2. The molecule has 2 unspecified atom stereocenters. The van der Waals surface area contributed by atoms with Crippen molar-refractivity contribution in [1.29, 1.82) is 0 Å². The van der Waals surface area contributed by atoms with Crippen molar-refractivity contribution in [3.05, 3.63) is 47.9 Å². The lowest BCUT2D eigenvalue weighted by molar-refractivity contribution is 0.143. The van der Waals surface area contributed by atoms with E-state index in [0.29, 0.717) is 6.54 Å². The first-order chi connectivity index (χ1) is 13.7. The van der Waals surface area contributed by atoms with E-state index < -0.39 is 0 Å². The van der Waals surface area contributed by atoms with Gasteiger partial charge in [0.25, 0.3) is 0 Å². The predicted octanol–water partition coefficient (Wildman–Crippen LogP) is 3.60. The van der Waals surface area contributed by atoms with Gasteiger partial charge >= 0.3 is 6.03 Å². The normalized spacial score (nSPS) is 18.5. The fourth-order valence-electron chi connectivity index (χ4n) is 3.82. The molecule has 2 amide bonds. The Labute approximate surface area is 165 Å². The second kappa shape index (κ2) is 8.56. The Morgan fingerprint density at radius 3 is 2.75 bits per heavy atom. The van der Waals surface area contributed by atoms with Gasteiger partial charge in [-0.05, 0) is 62.7 Å². The van der Waals surface area contributed by atoms with E-state index in [2.05, 4.69) is 15.5 Å². The second-order valence-electron chi connectivity index (χ2n) is 7.32. The summed E-state index contributed by atoms with van der Waals surface area (Å²) in [5.74, 6) is 2.35. The molecule has 2 N–H and O–H groups in total. The van der Waals surface area contributed by atoms with Gasteiger partial charge in [-0.25, -0.2) is 4.79 Å². The first kappa shape index (κ1) is 18.7. The van der Waals surface area contributed by atoms with E-state index >= 15 is 0 Å². The van der Waals surface area contributed by atoms with Crippen LogP contribution < -0.4 is 20.1 Å². The van der Waals surface area contributed by atoms with Gasteiger partial charge in [-0.15, -0.1) is 0 Å². The standard InChI is InChI=1S/C21H27N3O4/c1-15(16-7-8-19-20(12-16)28-14-27-19)23-21(25)22-13-17(18-6-5-11-26-18)24-9-3-2-4-10-24/h5-8,11-12,15,17H,2-4,9-10,13-14H2,1H3,(H2,22,23,25). The molecule has 1 saturated heterocycles. The van der Waals surface area contributed by atoms with E-state index in [-0.39, 0.29) is 24.9 Å². The molecule has 4 rings (SSSR count). The first-order valence-corrected chi connectivity index (χ1v) is 9.92. The molecule has 2 aromatic rings. The largest absolute Gasteiger partial charge is 0.468 e. The second-order valence-corrected chi connectivity index (χ2v) is 7.32. The highest BCUT2D eigenvalue weighted by atomic mass is 16.7. The first-order valence-electron chi connectivity index (χ1n) is 9.92. The number of nitrogens with zero attached hydrogens (tertiary/aromatic N) is 1. The SMILES string of the molecule is CC(NC(=O)NCC(c1ccco1)N1CCCCC1)c1ccc2c(c1)OCO2. The fourth-order valence-corrected chi connectivity index (χ4v) is 3.82. The van der Waals surface area contributed by atoms with Crippen molar-refractivity contribution < 1.29 is 18.7 Å². The molecule has 0 bridgehead atoms. The molecule has 1 aromatic carbocycles. The van der Waals surface area contributed by atoms with Gasteiger partial charge < -0.3 is 24.5 Å². The van der Waals surface area contributed by atoms with Crippen molar-refractivity contribution in [2.45, 2.75) is 38.3 Å². The average Bonchev–Trinajstić information content (AvgIpc) is 3.40. The lowest BCUT2D eigenvalue weighted by Gasteiger charge is -2.33. The molecule has 28 heavy (non-hydrogen) atoms. The number of carbonyl (C=O) groups excluding carboxylic acids is 1. The average molecular weight is 385 g/mol. The number of amides is 2. The molecule has 0 radical (unpaired) electrons. The van der Waals surface area contributed by atoms with Gasteiger partial charge in [0.05, 0.1) is 18.3 Å². The van der Waals surface area contributed by atoms with Crippen molar-refractivity contribution in [3.8, 4) is 11.5 Å². The molecule has 7 heteroatoms. The number of hydrogen-bond donors (Lipinski definition) is 2. The van der Waals surface area contributed by atoms with Crippen LogP contribution in [0.1, 0.15) is 49.6 Å². The van der Waals surface area contributed by atoms with Crippen molar-refractivity contribution in [3.63, 3.8) is 0 Å². The molecule has 3 heterocycles. The number of nitrogens with one attached hydrogen (secondary N) is 2. The number of benzene rings is 1. The number of urea groups is 1. The zero-order valence-electron chi connectivity index (χ0n) is 16.1. The Morgan fingerprint density at radius 1 is 1.14 bits per heavy atom. The molecular formula is C21H27N3O4. The summed E-state index contributed by atoms with van der Waals surface area (Å²) in [5.41, 5.74) is 0.970. The number of fused-ring (bicyclic) bond motifs is 1. The minimum absolute atomic E-state index is 0.0573. The maximum Gasteiger partial charge on any atom is 0.315 e. The summed E-state index contributed by atoms with van der Waals surface area (Å²) in [6, 6.07) is 9.32. The molecule has 2 aliphatic rings. The third-order valence-electron chi connectivity index (χ3n) is 5.40. The Bertz CT molecular complexity index is 787. The quantitative estimate of drug-likeness (QED) is 0.795. The van der Waals surface area contributed by atoms with Crippen LogP contribution in [0.3, 0.4) is 0 Å². The van der Waals surface area contributed by atoms with Gasteiger partial charge in [0.2, 0.25) is 6.79 Å². The lowest BCUT2D eigenvalue weighted by Crippen LogP contribution is -2.44. The summed E-state index contributed by atoms with van der Waals surface area (Å²) in [6.45, 7) is 4.76. The van der Waals surface area contributed by atoms with Gasteiger partial charge in [-0.3, -0.25) is 4.90 Å². The lowest BCUT2D eigenvalue weighted by atomic mass is 10.1. The van der Waals surface area contributed by atoms with E-state index in [1.807, 2.05) is 37.3 Å². The van der Waals surface area contributed by atoms with Crippen LogP contribution in [0.2, 0.25) is 0 Å². The highest BCUT2D eigenvalue weighted by Crippen LogP contribution is 2.34. The van der Waals surface area contributed by atoms with E-state index in [0.717, 1.165) is 35.9 Å².